The van der Waals surface area contributed by atoms with Crippen molar-refractivity contribution in [3.63, 3.8) is 0 Å². The molecule has 1 aromatic heterocycles. The molecular formula is C15H22N2O2. The molecule has 0 unspecified atom stereocenters. The van der Waals surface area contributed by atoms with Gasteiger partial charge in [-0.05, 0) is 30.6 Å². The molecule has 0 atom stereocenters. The fourth-order valence-electron chi connectivity index (χ4n) is 1.62. The van der Waals surface area contributed by atoms with E-state index in [1.807, 2.05) is 45.2 Å². The van der Waals surface area contributed by atoms with Crippen molar-refractivity contribution >= 4 is 0 Å². The van der Waals surface area contributed by atoms with E-state index in [9.17, 15) is 4.79 Å². The molecule has 0 aliphatic rings. The van der Waals surface area contributed by atoms with Crippen molar-refractivity contribution < 1.29 is 4.74 Å². The van der Waals surface area contributed by atoms with Crippen LogP contribution in [-0.4, -0.2) is 16.7 Å². The van der Waals surface area contributed by atoms with Crippen molar-refractivity contribution in [1.29, 1.82) is 0 Å². The average molecular weight is 262 g/mol. The second-order valence-corrected chi connectivity index (χ2v) is 4.68. The highest BCUT2D eigenvalue weighted by Gasteiger charge is 2.06. The smallest absolute Gasteiger partial charge is 0.326 e. The van der Waals surface area contributed by atoms with Crippen molar-refractivity contribution in [3.8, 4) is 0 Å². The van der Waals surface area contributed by atoms with Gasteiger partial charge in [0, 0.05) is 11.9 Å². The number of ether oxygens (including phenoxy) is 1. The van der Waals surface area contributed by atoms with Gasteiger partial charge in [-0.25, -0.2) is 4.79 Å². The molecule has 4 heteroatoms. The topological polar surface area (TPSA) is 47.0 Å². The third-order valence-corrected chi connectivity index (χ3v) is 2.81. The molecule has 0 aliphatic carbocycles. The molecule has 104 valence electrons. The fourth-order valence-corrected chi connectivity index (χ4v) is 1.62. The van der Waals surface area contributed by atoms with Gasteiger partial charge >= 0.3 is 5.69 Å². The van der Waals surface area contributed by atoms with E-state index in [2.05, 4.69) is 11.6 Å². The van der Waals surface area contributed by atoms with E-state index in [-0.39, 0.29) is 5.69 Å². The Morgan fingerprint density at radius 3 is 2.68 bits per heavy atom. The molecule has 1 aromatic rings. The minimum Gasteiger partial charge on any atom is -0.497 e. The maximum atomic E-state index is 11.7. The number of hydrogen-bond donors (Lipinski definition) is 1. The van der Waals surface area contributed by atoms with Crippen LogP contribution in [0, 0.1) is 0 Å². The second-order valence-electron chi connectivity index (χ2n) is 4.68. The van der Waals surface area contributed by atoms with Crippen molar-refractivity contribution in [2.75, 3.05) is 7.11 Å². The van der Waals surface area contributed by atoms with Gasteiger partial charge in [0.2, 0.25) is 0 Å². The predicted octanol–water partition coefficient (Wildman–Crippen LogP) is 2.96. The standard InChI is InChI=1S/C15H22N2O2/c1-6-13(19-5)8-7-12(4)9-17-10-14(11(2)3)16-15(17)18/h6-8,10-11H,4,9H2,1-3,5H3,(H,16,18)/b8-7-,13-6+. The number of aromatic amines is 1. The molecule has 0 radical (unpaired) electrons. The summed E-state index contributed by atoms with van der Waals surface area (Å²) in [6.45, 7) is 10.4. The summed E-state index contributed by atoms with van der Waals surface area (Å²) >= 11 is 0. The fraction of sp³-hybridized carbons (Fsp3) is 0.400. The summed E-state index contributed by atoms with van der Waals surface area (Å²) in [5, 5.41) is 0. The maximum Gasteiger partial charge on any atom is 0.326 e. The Kier molecular flexibility index (Phi) is 5.42. The van der Waals surface area contributed by atoms with Crippen LogP contribution in [0.15, 0.2) is 47.1 Å². The first kappa shape index (κ1) is 15.1. The summed E-state index contributed by atoms with van der Waals surface area (Å²) in [4.78, 5) is 14.6. The van der Waals surface area contributed by atoms with E-state index in [0.29, 0.717) is 12.5 Å². The number of nitrogens with zero attached hydrogens (tertiary/aromatic N) is 1. The zero-order valence-electron chi connectivity index (χ0n) is 12.1. The summed E-state index contributed by atoms with van der Waals surface area (Å²) in [6.07, 6.45) is 7.40. The first-order valence-corrected chi connectivity index (χ1v) is 6.33. The Bertz CT molecular complexity index is 545. The van der Waals surface area contributed by atoms with E-state index < -0.39 is 0 Å². The van der Waals surface area contributed by atoms with Crippen LogP contribution < -0.4 is 5.69 Å². The number of allylic oxidation sites excluding steroid dienone is 4. The molecule has 4 nitrogen and oxygen atoms in total. The summed E-state index contributed by atoms with van der Waals surface area (Å²) in [6, 6.07) is 0. The molecule has 0 aliphatic heterocycles. The first-order valence-electron chi connectivity index (χ1n) is 6.33. The Balaban J connectivity index is 2.75. The molecule has 0 bridgehead atoms. The van der Waals surface area contributed by atoms with Gasteiger partial charge in [-0.1, -0.05) is 26.5 Å². The summed E-state index contributed by atoms with van der Waals surface area (Å²) in [5.74, 6) is 1.08. The summed E-state index contributed by atoms with van der Waals surface area (Å²) < 4.78 is 6.75. The van der Waals surface area contributed by atoms with Crippen LogP contribution in [0.25, 0.3) is 0 Å². The number of nitrogens with one attached hydrogen (secondary N) is 1. The SMILES string of the molecule is C=C(/C=C\C(=C/C)OC)Cn1cc(C(C)C)[nH]c1=O. The Morgan fingerprint density at radius 1 is 1.53 bits per heavy atom. The zero-order chi connectivity index (χ0) is 14.4. The van der Waals surface area contributed by atoms with Crippen molar-refractivity contribution in [2.24, 2.45) is 0 Å². The lowest BCUT2D eigenvalue weighted by atomic mass is 10.2. The molecule has 1 rings (SSSR count). The molecule has 1 heterocycles. The Hall–Kier alpha value is -1.97. The minimum absolute atomic E-state index is 0.101. The monoisotopic (exact) mass is 262 g/mol. The molecule has 0 aromatic carbocycles. The first-order chi connectivity index (χ1) is 8.97. The largest absolute Gasteiger partial charge is 0.497 e. The normalized spacial score (nSPS) is 12.4. The van der Waals surface area contributed by atoms with Gasteiger partial charge in [-0.2, -0.15) is 0 Å². The van der Waals surface area contributed by atoms with Crippen molar-refractivity contribution in [3.05, 3.63) is 58.5 Å². The van der Waals surface area contributed by atoms with Crippen LogP contribution in [0.1, 0.15) is 32.4 Å². The lowest BCUT2D eigenvalue weighted by molar-refractivity contribution is 0.306. The number of methoxy groups -OCH3 is 1. The zero-order valence-corrected chi connectivity index (χ0v) is 12.1. The lowest BCUT2D eigenvalue weighted by Gasteiger charge is -2.02. The molecule has 0 saturated carbocycles. The van der Waals surface area contributed by atoms with Gasteiger partial charge in [-0.15, -0.1) is 0 Å². The van der Waals surface area contributed by atoms with Crippen LogP contribution in [-0.2, 0) is 11.3 Å². The van der Waals surface area contributed by atoms with Gasteiger partial charge in [0.05, 0.1) is 13.7 Å². The number of hydrogen-bond acceptors (Lipinski definition) is 2. The number of imidazole rings is 1. The number of rotatable bonds is 6. The highest BCUT2D eigenvalue weighted by Crippen LogP contribution is 2.10. The average Bonchev–Trinajstić information content (AvgIpc) is 2.72. The quantitative estimate of drug-likeness (QED) is 0.633. The van der Waals surface area contributed by atoms with E-state index in [1.165, 1.54) is 0 Å². The number of aromatic nitrogens is 2. The number of H-pyrrole nitrogens is 1. The van der Waals surface area contributed by atoms with E-state index in [4.69, 9.17) is 4.74 Å². The van der Waals surface area contributed by atoms with Crippen molar-refractivity contribution in [2.45, 2.75) is 33.2 Å². The Labute approximate surface area is 114 Å². The van der Waals surface area contributed by atoms with E-state index in [1.54, 1.807) is 11.7 Å². The molecule has 19 heavy (non-hydrogen) atoms. The third-order valence-electron chi connectivity index (χ3n) is 2.81. The van der Waals surface area contributed by atoms with Gasteiger partial charge in [-0.3, -0.25) is 4.57 Å². The minimum atomic E-state index is -0.101. The predicted molar refractivity (Wildman–Crippen MR) is 78.2 cm³/mol. The van der Waals surface area contributed by atoms with Crippen LogP contribution in [0.2, 0.25) is 0 Å². The van der Waals surface area contributed by atoms with E-state index >= 15 is 0 Å². The molecule has 0 spiro atoms. The van der Waals surface area contributed by atoms with Crippen LogP contribution in [0.5, 0.6) is 0 Å². The van der Waals surface area contributed by atoms with Crippen LogP contribution >= 0.6 is 0 Å². The molecule has 0 fully saturated rings. The third kappa shape index (κ3) is 4.32. The van der Waals surface area contributed by atoms with Gasteiger partial charge in [0.1, 0.15) is 5.76 Å². The van der Waals surface area contributed by atoms with Gasteiger partial charge in [0.25, 0.3) is 0 Å². The highest BCUT2D eigenvalue weighted by atomic mass is 16.5. The van der Waals surface area contributed by atoms with E-state index in [0.717, 1.165) is 17.0 Å². The van der Waals surface area contributed by atoms with Gasteiger partial charge in [0.15, 0.2) is 0 Å². The summed E-state index contributed by atoms with van der Waals surface area (Å²) in [7, 11) is 1.62. The van der Waals surface area contributed by atoms with Crippen LogP contribution in [0.3, 0.4) is 0 Å². The molecular weight excluding hydrogens is 240 g/mol. The highest BCUT2D eigenvalue weighted by molar-refractivity contribution is 5.22. The van der Waals surface area contributed by atoms with Gasteiger partial charge < -0.3 is 9.72 Å². The van der Waals surface area contributed by atoms with Crippen LogP contribution in [0.4, 0.5) is 0 Å². The second kappa shape index (κ2) is 6.83. The summed E-state index contributed by atoms with van der Waals surface area (Å²) in [5.41, 5.74) is 1.68. The molecule has 0 saturated heterocycles. The Morgan fingerprint density at radius 2 is 2.21 bits per heavy atom. The lowest BCUT2D eigenvalue weighted by Crippen LogP contribution is -2.16. The molecule has 0 amide bonds. The molecule has 1 N–H and O–H groups in total. The van der Waals surface area contributed by atoms with Crippen molar-refractivity contribution in [1.82, 2.24) is 9.55 Å². The maximum absolute atomic E-state index is 11.7.